The zero-order valence-corrected chi connectivity index (χ0v) is 19.2. The summed E-state index contributed by atoms with van der Waals surface area (Å²) in [4.78, 5) is 24.5. The maximum atomic E-state index is 14.1. The second-order valence-corrected chi connectivity index (χ2v) is 9.09. The lowest BCUT2D eigenvalue weighted by Gasteiger charge is -2.33. The number of pyridine rings is 3. The highest BCUT2D eigenvalue weighted by molar-refractivity contribution is 5.94. The van der Waals surface area contributed by atoms with Crippen molar-refractivity contribution in [3.63, 3.8) is 0 Å². The zero-order valence-electron chi connectivity index (χ0n) is 19.2. The summed E-state index contributed by atoms with van der Waals surface area (Å²) in [7, 11) is 0. The van der Waals surface area contributed by atoms with Crippen LogP contribution in [-0.2, 0) is 0 Å². The fourth-order valence-electron chi connectivity index (χ4n) is 4.54. The first kappa shape index (κ1) is 21.7. The van der Waals surface area contributed by atoms with Crippen LogP contribution in [0, 0.1) is 11.8 Å². The Kier molecular flexibility index (Phi) is 5.44. The van der Waals surface area contributed by atoms with E-state index in [-0.39, 0.29) is 5.82 Å². The summed E-state index contributed by atoms with van der Waals surface area (Å²) < 4.78 is 27.6. The van der Waals surface area contributed by atoms with Crippen molar-refractivity contribution in [1.29, 1.82) is 0 Å². The molecule has 0 radical (unpaired) electrons. The molecule has 5 heterocycles. The van der Waals surface area contributed by atoms with E-state index in [1.54, 1.807) is 24.5 Å². The van der Waals surface area contributed by atoms with Crippen LogP contribution >= 0.6 is 0 Å². The van der Waals surface area contributed by atoms with E-state index >= 15 is 0 Å². The van der Waals surface area contributed by atoms with E-state index < -0.39 is 11.8 Å². The number of piperazine rings is 1. The highest BCUT2D eigenvalue weighted by Crippen LogP contribution is 2.45. The van der Waals surface area contributed by atoms with Crippen molar-refractivity contribution >= 4 is 28.4 Å². The Hall–Kier alpha value is -3.79. The molecule has 8 nitrogen and oxygen atoms in total. The van der Waals surface area contributed by atoms with Crippen LogP contribution in [0.5, 0.6) is 0 Å². The third-order valence-corrected chi connectivity index (χ3v) is 6.38. The summed E-state index contributed by atoms with van der Waals surface area (Å²) in [6, 6.07) is 5.83. The third kappa shape index (κ3) is 4.37. The number of rotatable bonds is 5. The van der Waals surface area contributed by atoms with Crippen LogP contribution in [0.4, 0.5) is 26.2 Å². The fraction of sp³-hybridized carbons (Fsp3) is 0.320. The molecule has 10 heteroatoms. The van der Waals surface area contributed by atoms with Gasteiger partial charge in [0.15, 0.2) is 17.5 Å². The van der Waals surface area contributed by atoms with E-state index in [4.69, 9.17) is 9.97 Å². The third-order valence-electron chi connectivity index (χ3n) is 6.38. The van der Waals surface area contributed by atoms with Crippen LogP contribution in [0.25, 0.3) is 22.3 Å². The molecule has 0 spiro atoms. The van der Waals surface area contributed by atoms with Gasteiger partial charge in [-0.3, -0.25) is 4.98 Å². The minimum Gasteiger partial charge on any atom is -0.353 e. The molecule has 2 aliphatic rings. The summed E-state index contributed by atoms with van der Waals surface area (Å²) in [5, 5.41) is 7.31. The van der Waals surface area contributed by atoms with Gasteiger partial charge in [-0.2, -0.15) is 9.37 Å². The van der Waals surface area contributed by atoms with Gasteiger partial charge in [0.05, 0.1) is 11.7 Å². The first-order valence-electron chi connectivity index (χ1n) is 11.7. The average molecular weight is 475 g/mol. The van der Waals surface area contributed by atoms with Gasteiger partial charge < -0.3 is 15.5 Å². The van der Waals surface area contributed by atoms with Gasteiger partial charge in [-0.1, -0.05) is 0 Å². The Morgan fingerprint density at radius 1 is 1.09 bits per heavy atom. The molecule has 178 valence electrons. The SMILES string of the molecule is C[C@H]1CN(c2nc(-c3ccnc(Nc4nc(F)ccc4F)c3)nc3cncc(C4CC4)c23)CCN1. The van der Waals surface area contributed by atoms with Crippen molar-refractivity contribution in [3.8, 4) is 11.4 Å². The lowest BCUT2D eigenvalue weighted by molar-refractivity contribution is 0.483. The molecule has 0 aromatic carbocycles. The van der Waals surface area contributed by atoms with Crippen molar-refractivity contribution in [2.45, 2.75) is 31.7 Å². The lowest BCUT2D eigenvalue weighted by atomic mass is 10.1. The predicted octanol–water partition coefficient (Wildman–Crippen LogP) is 4.18. The first-order chi connectivity index (χ1) is 17.0. The Labute approximate surface area is 200 Å². The van der Waals surface area contributed by atoms with Gasteiger partial charge in [-0.15, -0.1) is 0 Å². The maximum Gasteiger partial charge on any atom is 0.214 e. The Morgan fingerprint density at radius 3 is 2.80 bits per heavy atom. The second-order valence-electron chi connectivity index (χ2n) is 9.09. The van der Waals surface area contributed by atoms with Gasteiger partial charge in [0.2, 0.25) is 5.95 Å². The molecule has 1 aliphatic heterocycles. The van der Waals surface area contributed by atoms with E-state index in [0.29, 0.717) is 29.2 Å². The minimum absolute atomic E-state index is 0.233. The first-order valence-corrected chi connectivity index (χ1v) is 11.7. The Morgan fingerprint density at radius 2 is 1.97 bits per heavy atom. The number of anilines is 3. The molecule has 1 atom stereocenters. The van der Waals surface area contributed by atoms with Gasteiger partial charge >= 0.3 is 0 Å². The number of aromatic nitrogens is 5. The van der Waals surface area contributed by atoms with Crippen LogP contribution in [-0.4, -0.2) is 50.6 Å². The summed E-state index contributed by atoms with van der Waals surface area (Å²) in [6.45, 7) is 4.73. The van der Waals surface area contributed by atoms with E-state index in [1.807, 2.05) is 6.20 Å². The summed E-state index contributed by atoms with van der Waals surface area (Å²) >= 11 is 0. The van der Waals surface area contributed by atoms with Crippen LogP contribution in [0.2, 0.25) is 0 Å². The largest absolute Gasteiger partial charge is 0.353 e. The molecule has 0 bridgehead atoms. The maximum absolute atomic E-state index is 14.1. The molecule has 2 fully saturated rings. The lowest BCUT2D eigenvalue weighted by Crippen LogP contribution is -2.49. The van der Waals surface area contributed by atoms with Gasteiger partial charge in [-0.25, -0.2) is 19.3 Å². The van der Waals surface area contributed by atoms with Crippen molar-refractivity contribution in [3.05, 3.63) is 60.2 Å². The highest BCUT2D eigenvalue weighted by atomic mass is 19.1. The molecule has 4 aromatic rings. The van der Waals surface area contributed by atoms with Gasteiger partial charge in [0.25, 0.3) is 0 Å². The minimum atomic E-state index is -0.781. The molecule has 0 amide bonds. The topological polar surface area (TPSA) is 91.8 Å². The van der Waals surface area contributed by atoms with Crippen LogP contribution in [0.3, 0.4) is 0 Å². The Balaban J connectivity index is 1.44. The van der Waals surface area contributed by atoms with Crippen LogP contribution in [0.1, 0.15) is 31.2 Å². The molecular formula is C25H24F2N8. The number of hydrogen-bond acceptors (Lipinski definition) is 8. The normalized spacial score (nSPS) is 18.1. The van der Waals surface area contributed by atoms with E-state index in [9.17, 15) is 8.78 Å². The molecule has 1 aliphatic carbocycles. The average Bonchev–Trinajstić information content (AvgIpc) is 3.71. The molecular weight excluding hydrogens is 450 g/mol. The summed E-state index contributed by atoms with van der Waals surface area (Å²) in [6.07, 6.45) is 7.63. The molecule has 35 heavy (non-hydrogen) atoms. The Bertz CT molecular complexity index is 1410. The standard InChI is InChI=1S/C25H24F2N8/c1-14-13-35(9-8-29-14)25-22-17(15-2-3-15)11-28-12-19(22)31-23(34-25)16-6-7-30-21(10-16)33-24-18(26)4-5-20(27)32-24/h4-7,10-12,14-15,29H,2-3,8-9,13H2,1H3,(H,30,32,33)/t14-/m0/s1. The molecule has 6 rings (SSSR count). The van der Waals surface area contributed by atoms with Crippen LogP contribution in [0.15, 0.2) is 42.9 Å². The molecule has 2 N–H and O–H groups in total. The van der Waals surface area contributed by atoms with E-state index in [0.717, 1.165) is 61.3 Å². The van der Waals surface area contributed by atoms with Crippen LogP contribution < -0.4 is 15.5 Å². The smallest absolute Gasteiger partial charge is 0.214 e. The van der Waals surface area contributed by atoms with Crippen molar-refractivity contribution in [2.24, 2.45) is 0 Å². The summed E-state index contributed by atoms with van der Waals surface area (Å²) in [5.41, 5.74) is 2.70. The molecule has 0 unspecified atom stereocenters. The van der Waals surface area contributed by atoms with Gasteiger partial charge in [0.1, 0.15) is 11.6 Å². The monoisotopic (exact) mass is 474 g/mol. The van der Waals surface area contributed by atoms with Crippen molar-refractivity contribution in [2.75, 3.05) is 29.9 Å². The second kappa shape index (κ2) is 8.77. The van der Waals surface area contributed by atoms with Crippen molar-refractivity contribution < 1.29 is 8.78 Å². The van der Waals surface area contributed by atoms with Gasteiger partial charge in [-0.05, 0) is 55.5 Å². The molecule has 1 saturated heterocycles. The number of fused-ring (bicyclic) bond motifs is 1. The molecule has 1 saturated carbocycles. The summed E-state index contributed by atoms with van der Waals surface area (Å²) in [5.74, 6) is 0.558. The number of nitrogens with one attached hydrogen (secondary N) is 2. The number of halogens is 2. The number of nitrogens with zero attached hydrogens (tertiary/aromatic N) is 6. The highest BCUT2D eigenvalue weighted by Gasteiger charge is 2.30. The van der Waals surface area contributed by atoms with E-state index in [1.165, 1.54) is 5.56 Å². The quantitative estimate of drug-likeness (QED) is 0.417. The van der Waals surface area contributed by atoms with Crippen molar-refractivity contribution in [1.82, 2.24) is 30.2 Å². The van der Waals surface area contributed by atoms with Gasteiger partial charge in [0, 0.05) is 49.0 Å². The predicted molar refractivity (Wildman–Crippen MR) is 130 cm³/mol. The van der Waals surface area contributed by atoms with E-state index in [2.05, 4.69) is 37.4 Å². The molecule has 4 aromatic heterocycles. The number of hydrogen-bond donors (Lipinski definition) is 2. The zero-order chi connectivity index (χ0) is 23.9. The fourth-order valence-corrected chi connectivity index (χ4v) is 4.54.